The molecule has 0 bridgehead atoms. The van der Waals surface area contributed by atoms with E-state index in [9.17, 15) is 18.8 Å². The molecule has 0 aromatic heterocycles. The quantitative estimate of drug-likeness (QED) is 0.659. The van der Waals surface area contributed by atoms with E-state index in [4.69, 9.17) is 5.11 Å². The van der Waals surface area contributed by atoms with Gasteiger partial charge in [-0.05, 0) is 29.7 Å². The molecule has 0 aliphatic carbocycles. The molecule has 6 heteroatoms. The fraction of sp³-hybridized carbons (Fsp3) is 0.286. The molecule has 0 aliphatic rings. The van der Waals surface area contributed by atoms with Gasteiger partial charge in [0.25, 0.3) is 0 Å². The zero-order valence-electron chi connectivity index (χ0n) is 15.1. The van der Waals surface area contributed by atoms with Gasteiger partial charge in [-0.25, -0.2) is 4.39 Å². The van der Waals surface area contributed by atoms with Crippen LogP contribution in [0.25, 0.3) is 0 Å². The molecular weight excluding hydrogens is 349 g/mol. The molecule has 0 saturated carbocycles. The summed E-state index contributed by atoms with van der Waals surface area (Å²) in [6.45, 7) is 2.02. The van der Waals surface area contributed by atoms with Crippen molar-refractivity contribution in [3.63, 3.8) is 0 Å². The standard InChI is InChI=1S/C21H22FNO4/c1-2-14-3-5-16(6-4-14)19(24)11-12-20(25)23-18(13-21(26)27)15-7-9-17(22)10-8-15/h3-10,18H,2,11-13H2,1H3,(H,23,25)(H,26,27). The zero-order chi connectivity index (χ0) is 19.8. The minimum absolute atomic E-state index is 0.0283. The first-order valence-corrected chi connectivity index (χ1v) is 8.77. The molecule has 2 N–H and O–H groups in total. The molecule has 5 nitrogen and oxygen atoms in total. The van der Waals surface area contributed by atoms with Gasteiger partial charge in [0.05, 0.1) is 12.5 Å². The second-order valence-electron chi connectivity index (χ2n) is 6.24. The number of aryl methyl sites for hydroxylation is 1. The number of nitrogens with one attached hydrogen (secondary N) is 1. The van der Waals surface area contributed by atoms with Crippen molar-refractivity contribution in [3.05, 3.63) is 71.0 Å². The Morgan fingerprint density at radius 1 is 1.00 bits per heavy atom. The zero-order valence-corrected chi connectivity index (χ0v) is 15.1. The molecule has 0 fully saturated rings. The minimum Gasteiger partial charge on any atom is -0.481 e. The molecule has 27 heavy (non-hydrogen) atoms. The van der Waals surface area contributed by atoms with Gasteiger partial charge in [0.1, 0.15) is 5.82 Å². The second-order valence-corrected chi connectivity index (χ2v) is 6.24. The van der Waals surface area contributed by atoms with Gasteiger partial charge in [-0.3, -0.25) is 14.4 Å². The highest BCUT2D eigenvalue weighted by Crippen LogP contribution is 2.18. The predicted molar refractivity (Wildman–Crippen MR) is 98.9 cm³/mol. The van der Waals surface area contributed by atoms with E-state index in [-0.39, 0.29) is 25.0 Å². The maximum Gasteiger partial charge on any atom is 0.305 e. The number of amides is 1. The minimum atomic E-state index is -1.09. The largest absolute Gasteiger partial charge is 0.481 e. The molecule has 2 aromatic carbocycles. The van der Waals surface area contributed by atoms with Crippen molar-refractivity contribution >= 4 is 17.7 Å². The van der Waals surface area contributed by atoms with Crippen LogP contribution in [0, 0.1) is 5.82 Å². The number of hydrogen-bond acceptors (Lipinski definition) is 3. The maximum atomic E-state index is 13.1. The SMILES string of the molecule is CCc1ccc(C(=O)CCC(=O)NC(CC(=O)O)c2ccc(F)cc2)cc1. The molecule has 1 amide bonds. The van der Waals surface area contributed by atoms with Gasteiger partial charge in [0.2, 0.25) is 5.91 Å². The van der Waals surface area contributed by atoms with Crippen molar-refractivity contribution in [1.82, 2.24) is 5.32 Å². The summed E-state index contributed by atoms with van der Waals surface area (Å²) in [5.74, 6) is -2.11. The van der Waals surface area contributed by atoms with Crippen LogP contribution >= 0.6 is 0 Å². The number of halogens is 1. The van der Waals surface area contributed by atoms with Gasteiger partial charge in [0, 0.05) is 18.4 Å². The third kappa shape index (κ3) is 6.33. The third-order valence-corrected chi connectivity index (χ3v) is 4.25. The molecule has 2 aromatic rings. The first-order valence-electron chi connectivity index (χ1n) is 8.77. The Morgan fingerprint density at radius 3 is 2.19 bits per heavy atom. The van der Waals surface area contributed by atoms with E-state index in [1.165, 1.54) is 24.3 Å². The van der Waals surface area contributed by atoms with Crippen molar-refractivity contribution in [1.29, 1.82) is 0 Å². The number of carboxylic acid groups (broad SMARTS) is 1. The van der Waals surface area contributed by atoms with Crippen LogP contribution in [0.4, 0.5) is 4.39 Å². The Bertz CT molecular complexity index is 800. The van der Waals surface area contributed by atoms with Crippen LogP contribution in [-0.4, -0.2) is 22.8 Å². The van der Waals surface area contributed by atoms with Crippen LogP contribution in [0.15, 0.2) is 48.5 Å². The first-order chi connectivity index (χ1) is 12.9. The second kappa shape index (κ2) is 9.62. The van der Waals surface area contributed by atoms with E-state index in [2.05, 4.69) is 5.32 Å². The van der Waals surface area contributed by atoms with Crippen LogP contribution in [0.3, 0.4) is 0 Å². The number of aliphatic carboxylic acids is 1. The summed E-state index contributed by atoms with van der Waals surface area (Å²) >= 11 is 0. The van der Waals surface area contributed by atoms with E-state index in [1.807, 2.05) is 19.1 Å². The molecular formula is C21H22FNO4. The van der Waals surface area contributed by atoms with Gasteiger partial charge >= 0.3 is 5.97 Å². The van der Waals surface area contributed by atoms with Crippen molar-refractivity contribution in [3.8, 4) is 0 Å². The fourth-order valence-electron chi connectivity index (χ4n) is 2.69. The third-order valence-electron chi connectivity index (χ3n) is 4.25. The lowest BCUT2D eigenvalue weighted by Crippen LogP contribution is -2.30. The Balaban J connectivity index is 1.95. The average molecular weight is 371 g/mol. The van der Waals surface area contributed by atoms with Gasteiger partial charge in [-0.15, -0.1) is 0 Å². The van der Waals surface area contributed by atoms with Crippen molar-refractivity contribution in [2.45, 2.75) is 38.6 Å². The van der Waals surface area contributed by atoms with Gasteiger partial charge in [-0.1, -0.05) is 43.3 Å². The van der Waals surface area contributed by atoms with Crippen LogP contribution in [-0.2, 0) is 16.0 Å². The van der Waals surface area contributed by atoms with Crippen molar-refractivity contribution in [2.24, 2.45) is 0 Å². The Hall–Kier alpha value is -3.02. The fourth-order valence-corrected chi connectivity index (χ4v) is 2.69. The van der Waals surface area contributed by atoms with Gasteiger partial charge in [-0.2, -0.15) is 0 Å². The number of rotatable bonds is 9. The van der Waals surface area contributed by atoms with Crippen LogP contribution in [0.2, 0.25) is 0 Å². The van der Waals surface area contributed by atoms with Crippen molar-refractivity contribution in [2.75, 3.05) is 0 Å². The lowest BCUT2D eigenvalue weighted by atomic mass is 10.0. The summed E-state index contributed by atoms with van der Waals surface area (Å²) < 4.78 is 13.1. The highest BCUT2D eigenvalue weighted by molar-refractivity contribution is 5.98. The number of Topliss-reactive ketones (excluding diaryl/α,β-unsaturated/α-hetero) is 1. The number of carbonyl (C=O) groups excluding carboxylic acids is 2. The summed E-state index contributed by atoms with van der Waals surface area (Å²) in [7, 11) is 0. The number of ketones is 1. The summed E-state index contributed by atoms with van der Waals surface area (Å²) in [6.07, 6.45) is 0.529. The highest BCUT2D eigenvalue weighted by atomic mass is 19.1. The Kier molecular flexibility index (Phi) is 7.23. The maximum absolute atomic E-state index is 13.1. The van der Waals surface area contributed by atoms with Gasteiger partial charge < -0.3 is 10.4 Å². The van der Waals surface area contributed by atoms with Gasteiger partial charge in [0.15, 0.2) is 5.78 Å². The summed E-state index contributed by atoms with van der Waals surface area (Å²) in [5.41, 5.74) is 2.16. The first kappa shape index (κ1) is 20.3. The number of benzene rings is 2. The normalized spacial score (nSPS) is 11.6. The van der Waals surface area contributed by atoms with E-state index in [0.717, 1.165) is 12.0 Å². The predicted octanol–water partition coefficient (Wildman–Crippen LogP) is 3.68. The molecule has 2 rings (SSSR count). The number of hydrogen-bond donors (Lipinski definition) is 2. The van der Waals surface area contributed by atoms with Crippen LogP contribution in [0.1, 0.15) is 53.7 Å². The number of carboxylic acids is 1. The Morgan fingerprint density at radius 2 is 1.63 bits per heavy atom. The molecule has 1 unspecified atom stereocenters. The molecule has 0 heterocycles. The van der Waals surface area contributed by atoms with Crippen LogP contribution in [0.5, 0.6) is 0 Å². The molecule has 0 spiro atoms. The number of carbonyl (C=O) groups is 3. The summed E-state index contributed by atoms with van der Waals surface area (Å²) in [6, 6.07) is 11.7. The van der Waals surface area contributed by atoms with E-state index in [0.29, 0.717) is 11.1 Å². The smallest absolute Gasteiger partial charge is 0.305 e. The molecule has 0 radical (unpaired) electrons. The highest BCUT2D eigenvalue weighted by Gasteiger charge is 2.19. The van der Waals surface area contributed by atoms with Crippen molar-refractivity contribution < 1.29 is 23.9 Å². The van der Waals surface area contributed by atoms with E-state index >= 15 is 0 Å². The van der Waals surface area contributed by atoms with E-state index < -0.39 is 23.7 Å². The summed E-state index contributed by atoms with van der Waals surface area (Å²) in [4.78, 5) is 35.4. The molecule has 1 atom stereocenters. The van der Waals surface area contributed by atoms with Crippen LogP contribution < -0.4 is 5.32 Å². The average Bonchev–Trinajstić information content (AvgIpc) is 2.66. The molecule has 142 valence electrons. The lowest BCUT2D eigenvalue weighted by molar-refractivity contribution is -0.137. The lowest BCUT2D eigenvalue weighted by Gasteiger charge is -2.17. The topological polar surface area (TPSA) is 83.5 Å². The molecule has 0 saturated heterocycles. The van der Waals surface area contributed by atoms with E-state index in [1.54, 1.807) is 12.1 Å². The summed E-state index contributed by atoms with van der Waals surface area (Å²) in [5, 5.41) is 11.7. The Labute approximate surface area is 157 Å². The monoisotopic (exact) mass is 371 g/mol. The molecule has 0 aliphatic heterocycles.